The minimum atomic E-state index is 0.0113. The van der Waals surface area contributed by atoms with Crippen LogP contribution in [-0.2, 0) is 17.8 Å². The molecular formula is C23H28N6O2. The standard InChI is InChI=1S/C23H28N6O2/c30-23(28-12-14-31-15-13-28)22-20(29-7-2-1-5-21(29)25-22)18-27-10-8-26(9-11-27)17-19-4-3-6-24-16-19/h1-7,16H,8-15,17-18H2. The smallest absolute Gasteiger partial charge is 0.274 e. The molecule has 0 unspecified atom stereocenters. The number of morpholine rings is 1. The van der Waals surface area contributed by atoms with E-state index in [1.54, 1.807) is 0 Å². The van der Waals surface area contributed by atoms with Gasteiger partial charge in [0.05, 0.1) is 18.9 Å². The molecule has 0 atom stereocenters. The molecule has 162 valence electrons. The fourth-order valence-corrected chi connectivity index (χ4v) is 4.35. The van der Waals surface area contributed by atoms with Crippen LogP contribution in [0.15, 0.2) is 48.9 Å². The Bertz CT molecular complexity index is 1020. The number of rotatable bonds is 5. The predicted molar refractivity (Wildman–Crippen MR) is 117 cm³/mol. The molecule has 2 saturated heterocycles. The lowest BCUT2D eigenvalue weighted by atomic mass is 10.2. The zero-order valence-corrected chi connectivity index (χ0v) is 17.7. The maximum absolute atomic E-state index is 13.2. The highest BCUT2D eigenvalue weighted by molar-refractivity contribution is 5.94. The van der Waals surface area contributed by atoms with Crippen LogP contribution in [0, 0.1) is 0 Å². The van der Waals surface area contributed by atoms with E-state index in [2.05, 4.69) is 25.3 Å². The van der Waals surface area contributed by atoms with Gasteiger partial charge in [0.15, 0.2) is 5.69 Å². The molecule has 5 rings (SSSR count). The van der Waals surface area contributed by atoms with E-state index in [0.29, 0.717) is 32.0 Å². The zero-order chi connectivity index (χ0) is 21.0. The Kier molecular flexibility index (Phi) is 5.93. The average molecular weight is 421 g/mol. The molecule has 0 radical (unpaired) electrons. The number of carbonyl (C=O) groups is 1. The molecule has 8 nitrogen and oxygen atoms in total. The van der Waals surface area contributed by atoms with Gasteiger partial charge >= 0.3 is 0 Å². The topological polar surface area (TPSA) is 66.2 Å². The predicted octanol–water partition coefficient (Wildman–Crippen LogP) is 1.52. The van der Waals surface area contributed by atoms with Gasteiger partial charge in [-0.25, -0.2) is 4.98 Å². The lowest BCUT2D eigenvalue weighted by molar-refractivity contribution is 0.0297. The average Bonchev–Trinajstić information content (AvgIpc) is 3.19. The number of hydrogen-bond acceptors (Lipinski definition) is 6. The van der Waals surface area contributed by atoms with E-state index in [0.717, 1.165) is 50.6 Å². The maximum Gasteiger partial charge on any atom is 0.274 e. The van der Waals surface area contributed by atoms with Crippen molar-refractivity contribution in [3.8, 4) is 0 Å². The van der Waals surface area contributed by atoms with Gasteiger partial charge in [-0.1, -0.05) is 12.1 Å². The second kappa shape index (κ2) is 9.13. The van der Waals surface area contributed by atoms with E-state index in [-0.39, 0.29) is 5.91 Å². The summed E-state index contributed by atoms with van der Waals surface area (Å²) in [6, 6.07) is 10.0. The highest BCUT2D eigenvalue weighted by atomic mass is 16.5. The van der Waals surface area contributed by atoms with E-state index in [4.69, 9.17) is 9.72 Å². The van der Waals surface area contributed by atoms with Gasteiger partial charge in [0.1, 0.15) is 5.65 Å². The molecule has 2 aliphatic heterocycles. The molecule has 0 spiro atoms. The highest BCUT2D eigenvalue weighted by Gasteiger charge is 2.27. The molecule has 0 N–H and O–H groups in total. The van der Waals surface area contributed by atoms with E-state index in [1.165, 1.54) is 5.56 Å². The Balaban J connectivity index is 1.30. The van der Waals surface area contributed by atoms with Crippen molar-refractivity contribution in [2.75, 3.05) is 52.5 Å². The number of hydrogen-bond donors (Lipinski definition) is 0. The number of pyridine rings is 2. The number of fused-ring (bicyclic) bond motifs is 1. The molecule has 0 saturated carbocycles. The molecule has 3 aromatic heterocycles. The first kappa shape index (κ1) is 20.1. The van der Waals surface area contributed by atoms with Gasteiger partial charge in [-0.3, -0.25) is 19.6 Å². The fourth-order valence-electron chi connectivity index (χ4n) is 4.35. The number of ether oxygens (including phenoxy) is 1. The van der Waals surface area contributed by atoms with Gasteiger partial charge in [0, 0.05) is 70.9 Å². The first-order valence-electron chi connectivity index (χ1n) is 10.9. The van der Waals surface area contributed by atoms with Crippen LogP contribution in [0.4, 0.5) is 0 Å². The van der Waals surface area contributed by atoms with E-state index < -0.39 is 0 Å². The van der Waals surface area contributed by atoms with Crippen LogP contribution in [-0.4, -0.2) is 87.5 Å². The van der Waals surface area contributed by atoms with E-state index in [1.807, 2.05) is 47.8 Å². The second-order valence-corrected chi connectivity index (χ2v) is 8.15. The quantitative estimate of drug-likeness (QED) is 0.624. The Morgan fingerprint density at radius 3 is 2.45 bits per heavy atom. The summed E-state index contributed by atoms with van der Waals surface area (Å²) in [5.41, 5.74) is 3.62. The Morgan fingerprint density at radius 1 is 0.935 bits per heavy atom. The van der Waals surface area contributed by atoms with Gasteiger partial charge in [-0.15, -0.1) is 0 Å². The van der Waals surface area contributed by atoms with Crippen LogP contribution in [0.3, 0.4) is 0 Å². The normalized spacial score (nSPS) is 18.5. The monoisotopic (exact) mass is 420 g/mol. The summed E-state index contributed by atoms with van der Waals surface area (Å²) < 4.78 is 7.48. The molecule has 5 heterocycles. The Labute approximate surface area is 182 Å². The number of imidazole rings is 1. The molecule has 2 fully saturated rings. The summed E-state index contributed by atoms with van der Waals surface area (Å²) >= 11 is 0. The molecule has 0 aliphatic carbocycles. The fraction of sp³-hybridized carbons (Fsp3) is 0.435. The van der Waals surface area contributed by atoms with Crippen LogP contribution in [0.2, 0.25) is 0 Å². The summed E-state index contributed by atoms with van der Waals surface area (Å²) in [5, 5.41) is 0. The van der Waals surface area contributed by atoms with Crippen molar-refractivity contribution in [2.45, 2.75) is 13.1 Å². The SMILES string of the molecule is O=C(c1nc2ccccn2c1CN1CCN(Cc2cccnc2)CC1)N1CCOCC1. The molecular weight excluding hydrogens is 392 g/mol. The van der Waals surface area contributed by atoms with Crippen molar-refractivity contribution in [3.63, 3.8) is 0 Å². The van der Waals surface area contributed by atoms with Crippen LogP contribution < -0.4 is 0 Å². The first-order valence-corrected chi connectivity index (χ1v) is 10.9. The number of nitrogens with zero attached hydrogens (tertiary/aromatic N) is 6. The Morgan fingerprint density at radius 2 is 1.71 bits per heavy atom. The van der Waals surface area contributed by atoms with Gasteiger partial charge in [-0.2, -0.15) is 0 Å². The summed E-state index contributed by atoms with van der Waals surface area (Å²) in [5.74, 6) is 0.0113. The zero-order valence-electron chi connectivity index (χ0n) is 17.7. The number of piperazine rings is 1. The number of carbonyl (C=O) groups excluding carboxylic acids is 1. The van der Waals surface area contributed by atoms with Gasteiger partial charge < -0.3 is 14.0 Å². The van der Waals surface area contributed by atoms with Crippen molar-refractivity contribution >= 4 is 11.6 Å². The molecule has 3 aromatic rings. The largest absolute Gasteiger partial charge is 0.378 e. The van der Waals surface area contributed by atoms with E-state index >= 15 is 0 Å². The minimum absolute atomic E-state index is 0.0113. The molecule has 2 aliphatic rings. The highest BCUT2D eigenvalue weighted by Crippen LogP contribution is 2.19. The molecule has 0 aromatic carbocycles. The van der Waals surface area contributed by atoms with Crippen LogP contribution in [0.25, 0.3) is 5.65 Å². The summed E-state index contributed by atoms with van der Waals surface area (Å²) in [6.07, 6.45) is 5.76. The third-order valence-electron chi connectivity index (χ3n) is 6.10. The van der Waals surface area contributed by atoms with Gasteiger partial charge in [0.25, 0.3) is 5.91 Å². The van der Waals surface area contributed by atoms with Crippen molar-refractivity contribution in [1.29, 1.82) is 0 Å². The van der Waals surface area contributed by atoms with Gasteiger partial charge in [-0.05, 0) is 23.8 Å². The van der Waals surface area contributed by atoms with Gasteiger partial charge in [0.2, 0.25) is 0 Å². The second-order valence-electron chi connectivity index (χ2n) is 8.15. The summed E-state index contributed by atoms with van der Waals surface area (Å²) in [4.78, 5) is 28.9. The van der Waals surface area contributed by atoms with Crippen LogP contribution >= 0.6 is 0 Å². The Hall–Kier alpha value is -2.81. The maximum atomic E-state index is 13.2. The summed E-state index contributed by atoms with van der Waals surface area (Å²) in [6.45, 7) is 8.00. The van der Waals surface area contributed by atoms with Crippen LogP contribution in [0.1, 0.15) is 21.7 Å². The molecule has 31 heavy (non-hydrogen) atoms. The lowest BCUT2D eigenvalue weighted by Crippen LogP contribution is -2.46. The molecule has 1 amide bonds. The minimum Gasteiger partial charge on any atom is -0.378 e. The number of amides is 1. The number of aromatic nitrogens is 3. The van der Waals surface area contributed by atoms with Crippen molar-refractivity contribution in [1.82, 2.24) is 29.1 Å². The summed E-state index contributed by atoms with van der Waals surface area (Å²) in [7, 11) is 0. The van der Waals surface area contributed by atoms with E-state index in [9.17, 15) is 4.79 Å². The van der Waals surface area contributed by atoms with Crippen LogP contribution in [0.5, 0.6) is 0 Å². The third-order valence-corrected chi connectivity index (χ3v) is 6.10. The first-order chi connectivity index (χ1) is 15.3. The lowest BCUT2D eigenvalue weighted by Gasteiger charge is -2.34. The van der Waals surface area contributed by atoms with Crippen molar-refractivity contribution < 1.29 is 9.53 Å². The van der Waals surface area contributed by atoms with Crippen molar-refractivity contribution in [3.05, 3.63) is 65.9 Å². The van der Waals surface area contributed by atoms with Crippen molar-refractivity contribution in [2.24, 2.45) is 0 Å². The third kappa shape index (κ3) is 4.46. The molecule has 0 bridgehead atoms. The molecule has 8 heteroatoms.